The number of aromatic nitrogens is 2. The molecular formula is C9H15N3. The van der Waals surface area contributed by atoms with E-state index >= 15 is 0 Å². The molecule has 1 aromatic rings. The van der Waals surface area contributed by atoms with Crippen molar-refractivity contribution in [1.82, 2.24) is 9.97 Å². The van der Waals surface area contributed by atoms with E-state index in [1.54, 1.807) is 6.33 Å². The van der Waals surface area contributed by atoms with Gasteiger partial charge in [0.1, 0.15) is 0 Å². The minimum Gasteiger partial charge on any atom is -0.468 e. The van der Waals surface area contributed by atoms with Crippen molar-refractivity contribution in [3.8, 4) is 0 Å². The van der Waals surface area contributed by atoms with Crippen molar-refractivity contribution < 1.29 is 4.90 Å². The molecule has 66 valence electrons. The number of nitrogens with zero attached hydrogens (tertiary/aromatic N) is 1. The molecule has 0 bridgehead atoms. The number of rotatable bonds is 1. The lowest BCUT2D eigenvalue weighted by Gasteiger charge is -2.30. The zero-order chi connectivity index (χ0) is 8.39. The summed E-state index contributed by atoms with van der Waals surface area (Å²) in [5.41, 5.74) is 1.29. The third-order valence-corrected chi connectivity index (χ3v) is 2.65. The number of quaternary nitrogens is 1. The maximum Gasteiger partial charge on any atom is 0.0921 e. The van der Waals surface area contributed by atoms with Crippen LogP contribution < -0.4 is 4.90 Å². The van der Waals surface area contributed by atoms with Crippen LogP contribution in [0.3, 0.4) is 0 Å². The van der Waals surface area contributed by atoms with Gasteiger partial charge < -0.3 is 9.88 Å². The number of piperidine rings is 1. The van der Waals surface area contributed by atoms with E-state index in [0.29, 0.717) is 5.92 Å². The van der Waals surface area contributed by atoms with E-state index in [1.807, 2.05) is 6.20 Å². The molecule has 0 amide bonds. The third kappa shape index (κ3) is 1.50. The molecule has 1 saturated heterocycles. The second kappa shape index (κ2) is 3.27. The third-order valence-electron chi connectivity index (χ3n) is 2.65. The van der Waals surface area contributed by atoms with Crippen molar-refractivity contribution in [2.45, 2.75) is 18.8 Å². The van der Waals surface area contributed by atoms with Crippen molar-refractivity contribution in [3.63, 3.8) is 0 Å². The number of hydrogen-bond donors (Lipinski definition) is 2. The highest BCUT2D eigenvalue weighted by Gasteiger charge is 2.19. The predicted molar refractivity (Wildman–Crippen MR) is 46.6 cm³/mol. The van der Waals surface area contributed by atoms with E-state index in [1.165, 1.54) is 36.5 Å². The lowest BCUT2D eigenvalue weighted by molar-refractivity contribution is -0.859. The SMILES string of the molecule is [CH2-][NH+]1CCC(c2cnc[nH]2)CC1. The number of aromatic amines is 1. The number of imidazole rings is 1. The molecule has 1 fully saturated rings. The maximum atomic E-state index is 4.04. The molecule has 3 heteroatoms. The molecule has 1 aromatic heterocycles. The summed E-state index contributed by atoms with van der Waals surface area (Å²) in [6.07, 6.45) is 6.18. The highest BCUT2D eigenvalue weighted by atomic mass is 15.1. The maximum absolute atomic E-state index is 4.04. The van der Waals surface area contributed by atoms with Gasteiger partial charge in [-0.3, -0.25) is 0 Å². The molecule has 1 aliphatic heterocycles. The summed E-state index contributed by atoms with van der Waals surface area (Å²) in [5.74, 6) is 0.693. The van der Waals surface area contributed by atoms with E-state index < -0.39 is 0 Å². The topological polar surface area (TPSA) is 33.1 Å². The van der Waals surface area contributed by atoms with Crippen LogP contribution in [0.5, 0.6) is 0 Å². The smallest absolute Gasteiger partial charge is 0.0921 e. The van der Waals surface area contributed by atoms with Crippen molar-refractivity contribution in [1.29, 1.82) is 0 Å². The van der Waals surface area contributed by atoms with Crippen molar-refractivity contribution in [2.75, 3.05) is 13.1 Å². The quantitative estimate of drug-likeness (QED) is 0.563. The molecule has 0 aromatic carbocycles. The van der Waals surface area contributed by atoms with Crippen molar-refractivity contribution >= 4 is 0 Å². The van der Waals surface area contributed by atoms with Crippen LogP contribution in [0.15, 0.2) is 12.5 Å². The summed E-state index contributed by atoms with van der Waals surface area (Å²) in [4.78, 5) is 8.63. The summed E-state index contributed by atoms with van der Waals surface area (Å²) in [6.45, 7) is 2.37. The molecule has 12 heavy (non-hydrogen) atoms. The summed E-state index contributed by atoms with van der Waals surface area (Å²) < 4.78 is 0. The second-order valence-electron chi connectivity index (χ2n) is 3.53. The zero-order valence-electron chi connectivity index (χ0n) is 7.21. The predicted octanol–water partition coefficient (Wildman–Crippen LogP) is -0.0364. The standard InChI is InChI=1S/C9H15N3/c1-12-4-2-8(3-5-12)9-6-10-7-11-9/h6-8,12H,1-5H2,(H,10,11). The Balaban J connectivity index is 1.99. The molecule has 0 spiro atoms. The Hall–Kier alpha value is -0.830. The molecule has 0 unspecified atom stereocenters. The average Bonchev–Trinajstić information content (AvgIpc) is 2.58. The highest BCUT2D eigenvalue weighted by Crippen LogP contribution is 2.20. The summed E-state index contributed by atoms with van der Waals surface area (Å²) in [5, 5.41) is 0. The fraction of sp³-hybridized carbons (Fsp3) is 0.556. The van der Waals surface area contributed by atoms with Crippen LogP contribution in [-0.2, 0) is 0 Å². The van der Waals surface area contributed by atoms with E-state index in [-0.39, 0.29) is 0 Å². The van der Waals surface area contributed by atoms with Gasteiger partial charge in [0.2, 0.25) is 0 Å². The molecule has 0 saturated carbocycles. The molecule has 0 aliphatic carbocycles. The first-order chi connectivity index (χ1) is 5.86. The number of likely N-dealkylation sites (tertiary alicyclic amines) is 1. The Morgan fingerprint density at radius 3 is 2.83 bits per heavy atom. The Morgan fingerprint density at radius 2 is 2.25 bits per heavy atom. The molecule has 0 atom stereocenters. The van der Waals surface area contributed by atoms with Gasteiger partial charge in [-0.15, -0.1) is 0 Å². The molecule has 1 aliphatic rings. The average molecular weight is 165 g/mol. The molecule has 2 rings (SSSR count). The number of hydrogen-bond acceptors (Lipinski definition) is 1. The van der Waals surface area contributed by atoms with Gasteiger partial charge in [0.25, 0.3) is 0 Å². The van der Waals surface area contributed by atoms with Gasteiger partial charge in [-0.2, -0.15) is 7.05 Å². The van der Waals surface area contributed by atoms with Crippen LogP contribution in [-0.4, -0.2) is 23.1 Å². The first kappa shape index (κ1) is 7.80. The van der Waals surface area contributed by atoms with Crippen LogP contribution >= 0.6 is 0 Å². The number of nitrogens with one attached hydrogen (secondary N) is 2. The fourth-order valence-corrected chi connectivity index (χ4v) is 1.83. The van der Waals surface area contributed by atoms with Gasteiger partial charge in [0.05, 0.1) is 19.4 Å². The van der Waals surface area contributed by atoms with Crippen LogP contribution in [0.4, 0.5) is 0 Å². The summed E-state index contributed by atoms with van der Waals surface area (Å²) in [7, 11) is 4.00. The minimum absolute atomic E-state index is 0.693. The second-order valence-corrected chi connectivity index (χ2v) is 3.53. The van der Waals surface area contributed by atoms with Crippen molar-refractivity contribution in [3.05, 3.63) is 25.3 Å². The van der Waals surface area contributed by atoms with Crippen LogP contribution in [0.2, 0.25) is 0 Å². The largest absolute Gasteiger partial charge is 0.468 e. The van der Waals surface area contributed by atoms with Gasteiger partial charge in [0, 0.05) is 30.7 Å². The van der Waals surface area contributed by atoms with Gasteiger partial charge in [-0.1, -0.05) is 0 Å². The van der Waals surface area contributed by atoms with Crippen LogP contribution in [0.1, 0.15) is 24.5 Å². The van der Waals surface area contributed by atoms with E-state index in [2.05, 4.69) is 17.0 Å². The van der Waals surface area contributed by atoms with Gasteiger partial charge in [-0.25, -0.2) is 4.98 Å². The van der Waals surface area contributed by atoms with E-state index in [9.17, 15) is 0 Å². The summed E-state index contributed by atoms with van der Waals surface area (Å²) in [6, 6.07) is 0. The van der Waals surface area contributed by atoms with Crippen LogP contribution in [0.25, 0.3) is 0 Å². The van der Waals surface area contributed by atoms with Gasteiger partial charge in [0.15, 0.2) is 0 Å². The van der Waals surface area contributed by atoms with Crippen molar-refractivity contribution in [2.24, 2.45) is 0 Å². The summed E-state index contributed by atoms with van der Waals surface area (Å²) >= 11 is 0. The lowest BCUT2D eigenvalue weighted by Crippen LogP contribution is -3.07. The van der Waals surface area contributed by atoms with E-state index in [4.69, 9.17) is 0 Å². The first-order valence-corrected chi connectivity index (χ1v) is 4.51. The van der Waals surface area contributed by atoms with Gasteiger partial charge in [-0.05, 0) is 0 Å². The Morgan fingerprint density at radius 1 is 1.50 bits per heavy atom. The molecule has 3 nitrogen and oxygen atoms in total. The Labute approximate surface area is 72.8 Å². The number of H-pyrrole nitrogens is 1. The fourth-order valence-electron chi connectivity index (χ4n) is 1.83. The Bertz CT molecular complexity index is 222. The highest BCUT2D eigenvalue weighted by molar-refractivity contribution is 5.03. The first-order valence-electron chi connectivity index (χ1n) is 4.51. The Kier molecular flexibility index (Phi) is 2.13. The van der Waals surface area contributed by atoms with Gasteiger partial charge >= 0.3 is 0 Å². The minimum atomic E-state index is 0.693. The van der Waals surface area contributed by atoms with E-state index in [0.717, 1.165) is 0 Å². The lowest BCUT2D eigenvalue weighted by atomic mass is 9.94. The molecular weight excluding hydrogens is 150 g/mol. The molecule has 2 heterocycles. The molecule has 2 N–H and O–H groups in total. The molecule has 0 radical (unpaired) electrons. The van der Waals surface area contributed by atoms with Crippen LogP contribution in [0, 0.1) is 7.05 Å². The normalized spacial score (nSPS) is 30.4. The zero-order valence-corrected chi connectivity index (χ0v) is 7.21. The monoisotopic (exact) mass is 165 g/mol.